The van der Waals surface area contributed by atoms with E-state index in [0.717, 1.165) is 0 Å². The summed E-state index contributed by atoms with van der Waals surface area (Å²) < 4.78 is 11.8. The van der Waals surface area contributed by atoms with Crippen LogP contribution in [0.25, 0.3) is 22.6 Å². The van der Waals surface area contributed by atoms with Crippen LogP contribution in [0.2, 0.25) is 0 Å². The normalized spacial score (nSPS) is 10.9. The number of hydrogen-bond donors (Lipinski definition) is 1. The highest BCUT2D eigenvalue weighted by molar-refractivity contribution is 6.00. The molecule has 4 rings (SSSR count). The minimum atomic E-state index is -0.542. The van der Waals surface area contributed by atoms with Crippen LogP contribution in [0.4, 0.5) is 6.01 Å². The van der Waals surface area contributed by atoms with E-state index in [9.17, 15) is 9.59 Å². The number of furan rings is 1. The molecule has 3 aromatic heterocycles. The van der Waals surface area contributed by atoms with Gasteiger partial charge in [-0.15, -0.1) is 5.10 Å². The van der Waals surface area contributed by atoms with Crippen molar-refractivity contribution in [3.8, 4) is 11.6 Å². The second-order valence-corrected chi connectivity index (χ2v) is 5.16. The van der Waals surface area contributed by atoms with E-state index in [1.54, 1.807) is 25.2 Å². The van der Waals surface area contributed by atoms with Gasteiger partial charge in [-0.1, -0.05) is 17.2 Å². The lowest BCUT2D eigenvalue weighted by Gasteiger charge is -2.05. The number of nitrogens with zero attached hydrogens (tertiary/aromatic N) is 4. The van der Waals surface area contributed by atoms with Crippen LogP contribution >= 0.6 is 0 Å². The molecule has 0 aliphatic heterocycles. The summed E-state index contributed by atoms with van der Waals surface area (Å²) in [6.45, 7) is 0. The number of benzene rings is 1. The van der Waals surface area contributed by atoms with Gasteiger partial charge in [0, 0.05) is 7.05 Å². The Bertz CT molecular complexity index is 1130. The van der Waals surface area contributed by atoms with Gasteiger partial charge in [0.2, 0.25) is 0 Å². The molecule has 0 bridgehead atoms. The molecule has 9 nitrogen and oxygen atoms in total. The fourth-order valence-electron chi connectivity index (χ4n) is 2.35. The average Bonchev–Trinajstić information content (AvgIpc) is 3.30. The molecule has 0 saturated carbocycles. The Morgan fingerprint density at radius 3 is 2.80 bits per heavy atom. The van der Waals surface area contributed by atoms with Gasteiger partial charge in [-0.05, 0) is 24.3 Å². The maximum atomic E-state index is 12.5. The van der Waals surface area contributed by atoms with E-state index in [0.29, 0.717) is 11.0 Å². The molecular weight excluding hydrogens is 326 g/mol. The molecule has 0 radical (unpaired) electrons. The first-order valence-electron chi connectivity index (χ1n) is 7.28. The molecule has 0 atom stereocenters. The van der Waals surface area contributed by atoms with E-state index in [2.05, 4.69) is 20.5 Å². The first kappa shape index (κ1) is 14.8. The number of hydrogen-bond acceptors (Lipinski definition) is 7. The highest BCUT2D eigenvalue weighted by Crippen LogP contribution is 2.18. The minimum absolute atomic E-state index is 0.00666. The van der Waals surface area contributed by atoms with Crippen LogP contribution in [0.1, 0.15) is 10.6 Å². The number of aromatic nitrogens is 4. The van der Waals surface area contributed by atoms with E-state index in [1.165, 1.54) is 16.9 Å². The van der Waals surface area contributed by atoms with Crippen LogP contribution in [0.15, 0.2) is 56.3 Å². The maximum Gasteiger partial charge on any atom is 0.322 e. The zero-order valence-corrected chi connectivity index (χ0v) is 13.0. The lowest BCUT2D eigenvalue weighted by molar-refractivity contribution is 0.0994. The minimum Gasteiger partial charge on any atom is -0.459 e. The Kier molecular flexibility index (Phi) is 3.38. The highest BCUT2D eigenvalue weighted by atomic mass is 16.4. The van der Waals surface area contributed by atoms with Gasteiger partial charge < -0.3 is 13.4 Å². The zero-order valence-electron chi connectivity index (χ0n) is 13.0. The van der Waals surface area contributed by atoms with Crippen molar-refractivity contribution in [2.24, 2.45) is 7.05 Å². The number of carbonyl (C=O) groups excluding carboxylic acids is 1. The molecule has 1 N–H and O–H groups in total. The first-order valence-corrected chi connectivity index (χ1v) is 7.28. The first-order chi connectivity index (χ1) is 12.1. The third-order valence-electron chi connectivity index (χ3n) is 3.58. The van der Waals surface area contributed by atoms with Gasteiger partial charge in [-0.2, -0.15) is 0 Å². The van der Waals surface area contributed by atoms with Crippen molar-refractivity contribution >= 4 is 23.0 Å². The van der Waals surface area contributed by atoms with Crippen molar-refractivity contribution in [1.29, 1.82) is 0 Å². The topological polar surface area (TPSA) is 116 Å². The Hall–Kier alpha value is -3.75. The summed E-state index contributed by atoms with van der Waals surface area (Å²) in [4.78, 5) is 28.7. The molecule has 0 spiro atoms. The molecule has 9 heteroatoms. The van der Waals surface area contributed by atoms with E-state index in [4.69, 9.17) is 8.83 Å². The van der Waals surface area contributed by atoms with Crippen molar-refractivity contribution in [3.63, 3.8) is 0 Å². The molecule has 4 aromatic rings. The number of aryl methyl sites for hydroxylation is 1. The highest BCUT2D eigenvalue weighted by Gasteiger charge is 2.19. The second kappa shape index (κ2) is 5.71. The lowest BCUT2D eigenvalue weighted by Crippen LogP contribution is -2.20. The molecule has 25 heavy (non-hydrogen) atoms. The lowest BCUT2D eigenvalue weighted by atomic mass is 10.3. The number of anilines is 1. The average molecular weight is 337 g/mol. The molecule has 1 amide bonds. The van der Waals surface area contributed by atoms with Gasteiger partial charge in [0.1, 0.15) is 0 Å². The summed E-state index contributed by atoms with van der Waals surface area (Å²) in [7, 11) is 1.63. The fraction of sp³-hybridized carbons (Fsp3) is 0.0625. The Morgan fingerprint density at radius 1 is 1.16 bits per heavy atom. The standard InChI is InChI=1S/C16H11N5O4/c1-21-10-6-3-2-5-9(10)17-12(15(21)23)14-19-20-16(25-14)18-13(22)11-7-4-8-24-11/h2-8H,1H3,(H,18,20,22). The van der Waals surface area contributed by atoms with Gasteiger partial charge >= 0.3 is 6.01 Å². The Labute approximate surface area is 139 Å². The number of nitrogens with one attached hydrogen (secondary N) is 1. The zero-order chi connectivity index (χ0) is 17.4. The summed E-state index contributed by atoms with van der Waals surface area (Å²) in [5.41, 5.74) is 0.916. The van der Waals surface area contributed by atoms with Gasteiger partial charge in [0.25, 0.3) is 17.4 Å². The van der Waals surface area contributed by atoms with Crippen LogP contribution in [0.5, 0.6) is 0 Å². The number of fused-ring (bicyclic) bond motifs is 1. The third-order valence-corrected chi connectivity index (χ3v) is 3.58. The number of rotatable bonds is 3. The van der Waals surface area contributed by atoms with E-state index in [1.807, 2.05) is 12.1 Å². The number of para-hydroxylation sites is 2. The van der Waals surface area contributed by atoms with Gasteiger partial charge in [0.05, 0.1) is 17.3 Å². The molecule has 0 aliphatic rings. The molecule has 124 valence electrons. The van der Waals surface area contributed by atoms with E-state index < -0.39 is 5.91 Å². The molecule has 0 aliphatic carbocycles. The van der Waals surface area contributed by atoms with Crippen LogP contribution in [0.3, 0.4) is 0 Å². The quantitative estimate of drug-likeness (QED) is 0.606. The van der Waals surface area contributed by atoms with Crippen molar-refractivity contribution in [3.05, 3.63) is 58.8 Å². The van der Waals surface area contributed by atoms with Crippen LogP contribution in [0, 0.1) is 0 Å². The number of amides is 1. The molecule has 1 aromatic carbocycles. The molecule has 3 heterocycles. The summed E-state index contributed by atoms with van der Waals surface area (Å²) in [6.07, 6.45) is 1.37. The smallest absolute Gasteiger partial charge is 0.322 e. The maximum absolute atomic E-state index is 12.5. The molecule has 0 unspecified atom stereocenters. The largest absolute Gasteiger partial charge is 0.459 e. The van der Waals surface area contributed by atoms with E-state index >= 15 is 0 Å². The summed E-state index contributed by atoms with van der Waals surface area (Å²) in [5, 5.41) is 9.90. The van der Waals surface area contributed by atoms with Crippen LogP contribution < -0.4 is 10.9 Å². The van der Waals surface area contributed by atoms with E-state index in [-0.39, 0.29) is 28.9 Å². The van der Waals surface area contributed by atoms with Crippen molar-refractivity contribution in [2.75, 3.05) is 5.32 Å². The number of carbonyl (C=O) groups is 1. The Balaban J connectivity index is 1.71. The third kappa shape index (κ3) is 2.57. The predicted octanol–water partition coefficient (Wildman–Crippen LogP) is 1.83. The van der Waals surface area contributed by atoms with Gasteiger partial charge in [-0.25, -0.2) is 4.98 Å². The monoisotopic (exact) mass is 337 g/mol. The van der Waals surface area contributed by atoms with Crippen molar-refractivity contribution in [2.45, 2.75) is 0 Å². The van der Waals surface area contributed by atoms with Crippen LogP contribution in [-0.2, 0) is 7.05 Å². The van der Waals surface area contributed by atoms with Crippen LogP contribution in [-0.4, -0.2) is 25.7 Å². The van der Waals surface area contributed by atoms with Crippen molar-refractivity contribution in [1.82, 2.24) is 19.7 Å². The molecule has 0 fully saturated rings. The summed E-state index contributed by atoms with van der Waals surface area (Å²) in [5.74, 6) is -0.528. The van der Waals surface area contributed by atoms with Gasteiger partial charge in [-0.3, -0.25) is 14.9 Å². The SMILES string of the molecule is Cn1c(=O)c(-c2nnc(NC(=O)c3ccco3)o2)nc2ccccc21. The molecular formula is C16H11N5O4. The fourth-order valence-corrected chi connectivity index (χ4v) is 2.35. The summed E-state index contributed by atoms with van der Waals surface area (Å²) >= 11 is 0. The molecule has 0 saturated heterocycles. The summed E-state index contributed by atoms with van der Waals surface area (Å²) in [6, 6.07) is 10.1. The van der Waals surface area contributed by atoms with Gasteiger partial charge in [0.15, 0.2) is 11.5 Å². The Morgan fingerprint density at radius 2 is 2.00 bits per heavy atom. The second-order valence-electron chi connectivity index (χ2n) is 5.16. The van der Waals surface area contributed by atoms with Crippen molar-refractivity contribution < 1.29 is 13.6 Å². The predicted molar refractivity (Wildman–Crippen MR) is 86.9 cm³/mol.